The number of hydrogen-bond donors (Lipinski definition) is 0. The Labute approximate surface area is 159 Å². The number of anilines is 1. The average Bonchev–Trinajstić information content (AvgIpc) is 2.90. The summed E-state index contributed by atoms with van der Waals surface area (Å²) in [5, 5.41) is 0. The molecule has 0 aliphatic carbocycles. The zero-order valence-corrected chi connectivity index (χ0v) is 16.2. The Kier molecular flexibility index (Phi) is 5.20. The number of ether oxygens (including phenoxy) is 2. The lowest BCUT2D eigenvalue weighted by atomic mass is 9.77. The Bertz CT molecular complexity index is 797. The van der Waals surface area contributed by atoms with Crippen molar-refractivity contribution in [3.05, 3.63) is 41.5 Å². The van der Waals surface area contributed by atoms with Crippen LogP contribution >= 0.6 is 0 Å². The van der Waals surface area contributed by atoms with Gasteiger partial charge in [0, 0.05) is 17.6 Å². The molecule has 2 amide bonds. The number of rotatable bonds is 6. The van der Waals surface area contributed by atoms with Gasteiger partial charge >= 0.3 is 5.97 Å². The van der Waals surface area contributed by atoms with Gasteiger partial charge in [0.25, 0.3) is 11.8 Å². The highest BCUT2D eigenvalue weighted by Crippen LogP contribution is 2.41. The summed E-state index contributed by atoms with van der Waals surface area (Å²) in [6.45, 7) is 8.26. The Morgan fingerprint density at radius 3 is 2.41 bits per heavy atom. The van der Waals surface area contributed by atoms with E-state index in [1.54, 1.807) is 31.2 Å². The largest absolute Gasteiger partial charge is 0.462 e. The zero-order valence-electron chi connectivity index (χ0n) is 16.2. The van der Waals surface area contributed by atoms with Gasteiger partial charge in [0.15, 0.2) is 0 Å². The Morgan fingerprint density at radius 2 is 1.89 bits per heavy atom. The van der Waals surface area contributed by atoms with E-state index in [9.17, 15) is 14.4 Å². The number of esters is 1. The van der Waals surface area contributed by atoms with Gasteiger partial charge in [-0.25, -0.2) is 9.69 Å². The number of hydrogen-bond acceptors (Lipinski definition) is 5. The number of imide groups is 1. The molecule has 2 aliphatic heterocycles. The maximum atomic E-state index is 12.2. The fourth-order valence-electron chi connectivity index (χ4n) is 3.60. The number of benzene rings is 1. The van der Waals surface area contributed by atoms with E-state index < -0.39 is 5.97 Å². The van der Waals surface area contributed by atoms with E-state index in [4.69, 9.17) is 9.47 Å². The second-order valence-corrected chi connectivity index (χ2v) is 7.52. The molecule has 144 valence electrons. The van der Waals surface area contributed by atoms with Crippen molar-refractivity contribution in [3.8, 4) is 0 Å². The zero-order chi connectivity index (χ0) is 19.8. The predicted molar refractivity (Wildman–Crippen MR) is 100 cm³/mol. The molecule has 3 unspecified atom stereocenters. The first-order valence-electron chi connectivity index (χ1n) is 9.24. The first-order valence-corrected chi connectivity index (χ1v) is 9.24. The summed E-state index contributed by atoms with van der Waals surface area (Å²) in [4.78, 5) is 37.1. The van der Waals surface area contributed by atoms with Crippen molar-refractivity contribution in [1.82, 2.24) is 0 Å². The molecule has 0 bridgehead atoms. The van der Waals surface area contributed by atoms with E-state index >= 15 is 0 Å². The van der Waals surface area contributed by atoms with Crippen molar-refractivity contribution >= 4 is 23.5 Å². The smallest absolute Gasteiger partial charge is 0.338 e. The summed E-state index contributed by atoms with van der Waals surface area (Å²) in [7, 11) is 0. The normalized spacial score (nSPS) is 27.4. The molecule has 0 saturated carbocycles. The highest BCUT2D eigenvalue weighted by Gasteiger charge is 2.46. The van der Waals surface area contributed by atoms with Gasteiger partial charge < -0.3 is 9.47 Å². The van der Waals surface area contributed by atoms with Crippen LogP contribution in [0.3, 0.4) is 0 Å². The number of carbonyl (C=O) groups excluding carboxylic acids is 3. The molecule has 27 heavy (non-hydrogen) atoms. The molecule has 1 aromatic rings. The third-order valence-electron chi connectivity index (χ3n) is 5.64. The molecule has 0 radical (unpaired) electrons. The van der Waals surface area contributed by atoms with Crippen molar-refractivity contribution in [2.75, 3.05) is 11.5 Å². The Balaban J connectivity index is 1.50. The highest BCUT2D eigenvalue weighted by atomic mass is 16.5. The van der Waals surface area contributed by atoms with Crippen LogP contribution < -0.4 is 4.90 Å². The van der Waals surface area contributed by atoms with Crippen LogP contribution in [0.25, 0.3) is 0 Å². The van der Waals surface area contributed by atoms with Crippen LogP contribution in [-0.4, -0.2) is 36.1 Å². The van der Waals surface area contributed by atoms with Gasteiger partial charge in [0.1, 0.15) is 0 Å². The van der Waals surface area contributed by atoms with Gasteiger partial charge in [-0.2, -0.15) is 0 Å². The predicted octanol–water partition coefficient (Wildman–Crippen LogP) is 3.26. The van der Waals surface area contributed by atoms with Crippen molar-refractivity contribution < 1.29 is 23.9 Å². The van der Waals surface area contributed by atoms with Gasteiger partial charge in [-0.3, -0.25) is 9.59 Å². The topological polar surface area (TPSA) is 72.9 Å². The summed E-state index contributed by atoms with van der Waals surface area (Å²) < 4.78 is 11.1. The molecular weight excluding hydrogens is 346 g/mol. The molecule has 0 N–H and O–H groups in total. The summed E-state index contributed by atoms with van der Waals surface area (Å²) in [5.74, 6) is -0.639. The van der Waals surface area contributed by atoms with Gasteiger partial charge in [0.2, 0.25) is 0 Å². The van der Waals surface area contributed by atoms with E-state index in [1.165, 1.54) is 6.08 Å². The van der Waals surface area contributed by atoms with Gasteiger partial charge in [-0.05, 0) is 57.9 Å². The SMILES string of the molecule is CC1=CC(=O)N(c2ccc(C(=O)OCCCC3(C)OC(C)C3C)cc2)C1=O. The molecule has 0 spiro atoms. The molecule has 6 nitrogen and oxygen atoms in total. The van der Waals surface area contributed by atoms with Crippen molar-refractivity contribution in [1.29, 1.82) is 0 Å². The Morgan fingerprint density at radius 1 is 1.22 bits per heavy atom. The van der Waals surface area contributed by atoms with E-state index in [-0.39, 0.29) is 23.5 Å². The molecule has 6 heteroatoms. The van der Waals surface area contributed by atoms with Crippen LogP contribution in [0.15, 0.2) is 35.9 Å². The maximum absolute atomic E-state index is 12.2. The first kappa shape index (κ1) is 19.3. The van der Waals surface area contributed by atoms with Crippen LogP contribution in [0.4, 0.5) is 5.69 Å². The van der Waals surface area contributed by atoms with Crippen LogP contribution in [0.1, 0.15) is 50.9 Å². The third kappa shape index (κ3) is 3.67. The summed E-state index contributed by atoms with van der Waals surface area (Å²) in [6.07, 6.45) is 3.16. The number of nitrogens with zero attached hydrogens (tertiary/aromatic N) is 1. The fraction of sp³-hybridized carbons (Fsp3) is 0.476. The lowest BCUT2D eigenvalue weighted by Gasteiger charge is -2.51. The molecule has 0 aromatic heterocycles. The number of amides is 2. The van der Waals surface area contributed by atoms with Gasteiger partial charge in [-0.1, -0.05) is 6.92 Å². The molecule has 1 saturated heterocycles. The summed E-state index contributed by atoms with van der Waals surface area (Å²) in [5.41, 5.74) is 1.09. The standard InChI is InChI=1S/C21H25NO5/c1-13-12-18(23)22(19(13)24)17-8-6-16(7-9-17)20(25)26-11-5-10-21(4)14(2)15(3)27-21/h6-9,12,14-15H,5,10-11H2,1-4H3. The molecule has 1 aromatic carbocycles. The van der Waals surface area contributed by atoms with Crippen LogP contribution in [-0.2, 0) is 19.1 Å². The third-order valence-corrected chi connectivity index (χ3v) is 5.64. The van der Waals surface area contributed by atoms with E-state index in [0.717, 1.165) is 17.7 Å². The van der Waals surface area contributed by atoms with Crippen molar-refractivity contribution in [2.45, 2.75) is 52.2 Å². The second kappa shape index (κ2) is 7.27. The molecule has 3 rings (SSSR count). The van der Waals surface area contributed by atoms with Gasteiger partial charge in [-0.15, -0.1) is 0 Å². The molecule has 2 aliphatic rings. The van der Waals surface area contributed by atoms with E-state index in [1.807, 2.05) is 0 Å². The average molecular weight is 371 g/mol. The van der Waals surface area contributed by atoms with E-state index in [0.29, 0.717) is 29.3 Å². The summed E-state index contributed by atoms with van der Waals surface area (Å²) in [6, 6.07) is 6.27. The van der Waals surface area contributed by atoms with Crippen LogP contribution in [0.5, 0.6) is 0 Å². The van der Waals surface area contributed by atoms with Gasteiger partial charge in [0.05, 0.1) is 29.6 Å². The lowest BCUT2D eigenvalue weighted by Crippen LogP contribution is -2.55. The fourth-order valence-corrected chi connectivity index (χ4v) is 3.60. The maximum Gasteiger partial charge on any atom is 0.338 e. The van der Waals surface area contributed by atoms with Crippen LogP contribution in [0, 0.1) is 5.92 Å². The van der Waals surface area contributed by atoms with Crippen molar-refractivity contribution in [3.63, 3.8) is 0 Å². The molecular formula is C21H25NO5. The van der Waals surface area contributed by atoms with Crippen molar-refractivity contribution in [2.24, 2.45) is 5.92 Å². The molecule has 1 fully saturated rings. The Hall–Kier alpha value is -2.47. The van der Waals surface area contributed by atoms with E-state index in [2.05, 4.69) is 20.8 Å². The minimum absolute atomic E-state index is 0.131. The quantitative estimate of drug-likeness (QED) is 0.436. The lowest BCUT2D eigenvalue weighted by molar-refractivity contribution is -0.241. The minimum Gasteiger partial charge on any atom is -0.462 e. The van der Waals surface area contributed by atoms with Crippen LogP contribution in [0.2, 0.25) is 0 Å². The molecule has 2 heterocycles. The minimum atomic E-state index is -0.420. The monoisotopic (exact) mass is 371 g/mol. The second-order valence-electron chi connectivity index (χ2n) is 7.52. The number of carbonyl (C=O) groups is 3. The molecule has 3 atom stereocenters. The highest BCUT2D eigenvalue weighted by molar-refractivity contribution is 6.30. The summed E-state index contributed by atoms with van der Waals surface area (Å²) >= 11 is 0. The first-order chi connectivity index (χ1) is 12.7.